The second-order valence-electron chi connectivity index (χ2n) is 17.6. The number of likely N-dealkylation sites (tertiary alicyclic amines) is 1. The lowest BCUT2D eigenvalue weighted by Gasteiger charge is -2.36. The Balaban J connectivity index is 0.783. The molecule has 15 nitrogen and oxygen atoms in total. The van der Waals surface area contributed by atoms with Crippen molar-refractivity contribution >= 4 is 28.7 Å². The largest absolute Gasteiger partial charge is 0.506 e. The Bertz CT molecular complexity index is 2760. The van der Waals surface area contributed by atoms with Crippen LogP contribution < -0.4 is 31.0 Å². The fourth-order valence-corrected chi connectivity index (χ4v) is 8.92. The summed E-state index contributed by atoms with van der Waals surface area (Å²) in [6.07, 6.45) is 1.86. The molecule has 8 rings (SSSR count). The Morgan fingerprint density at radius 1 is 0.824 bits per heavy atom. The van der Waals surface area contributed by atoms with E-state index in [2.05, 4.69) is 38.0 Å². The molecule has 5 aromatic carbocycles. The van der Waals surface area contributed by atoms with Gasteiger partial charge in [-0.25, -0.2) is 4.79 Å². The first kappa shape index (κ1) is 47.5. The molecule has 2 amide bonds. The standard InChI is InChI=1S/C53H57N5O10/c1-66-47-25-36(29-54-30-46(60)42-17-19-45(59)50-43(42)18-20-48(61)57-50)15-16-44(47)51(63)56-40-27-39(28-40)55-49(62)33-67-41-14-8-13-38(26-41)53(65,37-11-6-3-7-12-37)52(64)68-32-35-21-23-58(24-22-35)31-34-9-4-2-5-10-34/h2-20,25-26,35,39-40,46,54,59-60,65H,21-24,27-33H2,1H3,(H,55,62)(H,56,63)(H,57,61)/t39?,40?,46-,53?/m0/s1. The minimum absolute atomic E-state index is 0.0855. The van der Waals surface area contributed by atoms with Crippen LogP contribution in [0.2, 0.25) is 0 Å². The van der Waals surface area contributed by atoms with E-state index in [-0.39, 0.29) is 72.0 Å². The van der Waals surface area contributed by atoms with Crippen LogP contribution in [0, 0.1) is 5.92 Å². The lowest BCUT2D eigenvalue weighted by molar-refractivity contribution is -0.164. The van der Waals surface area contributed by atoms with Gasteiger partial charge in [-0.3, -0.25) is 19.3 Å². The van der Waals surface area contributed by atoms with Gasteiger partial charge in [0.1, 0.15) is 17.2 Å². The molecule has 2 fully saturated rings. The summed E-state index contributed by atoms with van der Waals surface area (Å²) in [4.78, 5) is 56.9. The van der Waals surface area contributed by atoms with E-state index in [0.29, 0.717) is 53.0 Å². The summed E-state index contributed by atoms with van der Waals surface area (Å²) in [5.41, 5.74) is 1.37. The highest BCUT2D eigenvalue weighted by Crippen LogP contribution is 2.34. The maximum Gasteiger partial charge on any atom is 0.347 e. The number of H-pyrrole nitrogens is 1. The first-order valence-electron chi connectivity index (χ1n) is 22.9. The van der Waals surface area contributed by atoms with Crippen LogP contribution in [0.5, 0.6) is 17.2 Å². The third kappa shape index (κ3) is 11.4. The minimum Gasteiger partial charge on any atom is -0.506 e. The third-order valence-electron chi connectivity index (χ3n) is 12.8. The van der Waals surface area contributed by atoms with Crippen molar-refractivity contribution in [1.82, 2.24) is 25.8 Å². The maximum absolute atomic E-state index is 13.9. The number of pyridine rings is 1. The number of rotatable bonds is 19. The number of ether oxygens (including phenoxy) is 3. The zero-order chi connectivity index (χ0) is 47.6. The number of carbonyl (C=O) groups excluding carboxylic acids is 3. The molecule has 1 saturated carbocycles. The van der Waals surface area contributed by atoms with Crippen LogP contribution >= 0.6 is 0 Å². The Hall–Kier alpha value is -7.04. The van der Waals surface area contributed by atoms with E-state index >= 15 is 0 Å². The predicted octanol–water partition coefficient (Wildman–Crippen LogP) is 5.21. The number of aromatic nitrogens is 1. The molecule has 354 valence electrons. The molecule has 2 heterocycles. The summed E-state index contributed by atoms with van der Waals surface area (Å²) in [6, 6.07) is 36.3. The number of aromatic hydroxyl groups is 1. The van der Waals surface area contributed by atoms with E-state index in [1.807, 2.05) is 18.2 Å². The number of aliphatic hydroxyl groups excluding tert-OH is 1. The number of phenols is 1. The first-order valence-corrected chi connectivity index (χ1v) is 22.9. The number of aliphatic hydroxyl groups is 2. The normalized spacial score (nSPS) is 17.6. The zero-order valence-electron chi connectivity index (χ0n) is 37.9. The fourth-order valence-electron chi connectivity index (χ4n) is 8.92. The lowest BCUT2D eigenvalue weighted by atomic mass is 9.86. The van der Waals surface area contributed by atoms with E-state index in [9.17, 15) is 34.5 Å². The summed E-state index contributed by atoms with van der Waals surface area (Å²) in [5, 5.41) is 43.0. The number of hydrogen-bond donors (Lipinski definition) is 7. The van der Waals surface area contributed by atoms with E-state index in [4.69, 9.17) is 14.2 Å². The van der Waals surface area contributed by atoms with Gasteiger partial charge in [-0.2, -0.15) is 0 Å². The van der Waals surface area contributed by atoms with Crippen LogP contribution in [0.4, 0.5) is 0 Å². The number of nitrogens with one attached hydrogen (secondary N) is 4. The molecule has 2 aliphatic rings. The molecule has 1 aromatic heterocycles. The van der Waals surface area contributed by atoms with Gasteiger partial charge in [0.2, 0.25) is 11.2 Å². The van der Waals surface area contributed by atoms with Crippen molar-refractivity contribution in [1.29, 1.82) is 0 Å². The summed E-state index contributed by atoms with van der Waals surface area (Å²) >= 11 is 0. The number of aromatic amines is 1. The molecule has 1 unspecified atom stereocenters. The Morgan fingerprint density at radius 2 is 1.54 bits per heavy atom. The molecule has 0 spiro atoms. The molecule has 2 atom stereocenters. The summed E-state index contributed by atoms with van der Waals surface area (Å²) < 4.78 is 17.3. The second-order valence-corrected chi connectivity index (χ2v) is 17.6. The van der Waals surface area contributed by atoms with E-state index in [0.717, 1.165) is 38.0 Å². The summed E-state index contributed by atoms with van der Waals surface area (Å²) in [7, 11) is 1.48. The number of carbonyl (C=O) groups is 3. The molecule has 7 N–H and O–H groups in total. The fraction of sp³-hybridized carbons (Fsp3) is 0.321. The molecule has 6 aromatic rings. The van der Waals surface area contributed by atoms with Crippen LogP contribution in [0.25, 0.3) is 10.9 Å². The van der Waals surface area contributed by atoms with Crippen LogP contribution in [0.1, 0.15) is 70.0 Å². The molecule has 15 heteroatoms. The number of benzene rings is 5. The van der Waals surface area contributed by atoms with Gasteiger partial charge in [0.25, 0.3) is 11.8 Å². The van der Waals surface area contributed by atoms with Crippen molar-refractivity contribution in [3.8, 4) is 17.2 Å². The number of hydrogen-bond acceptors (Lipinski definition) is 12. The Kier molecular flexibility index (Phi) is 15.2. The number of esters is 1. The van der Waals surface area contributed by atoms with Crippen LogP contribution in [-0.4, -0.2) is 95.0 Å². The number of methoxy groups -OCH3 is 1. The number of phenolic OH excluding ortho intramolecular Hbond substituents is 1. The van der Waals surface area contributed by atoms with Crippen molar-refractivity contribution in [2.24, 2.45) is 5.92 Å². The molecule has 1 aliphatic carbocycles. The number of fused-ring (bicyclic) bond motifs is 1. The van der Waals surface area contributed by atoms with E-state index in [1.54, 1.807) is 84.9 Å². The van der Waals surface area contributed by atoms with Crippen molar-refractivity contribution in [2.75, 3.05) is 40.0 Å². The van der Waals surface area contributed by atoms with Crippen molar-refractivity contribution in [3.05, 3.63) is 171 Å². The van der Waals surface area contributed by atoms with Crippen molar-refractivity contribution in [3.63, 3.8) is 0 Å². The van der Waals surface area contributed by atoms with E-state index < -0.39 is 17.7 Å². The molecule has 0 bridgehead atoms. The lowest BCUT2D eigenvalue weighted by Crippen LogP contribution is -2.54. The number of piperidine rings is 1. The highest BCUT2D eigenvalue weighted by molar-refractivity contribution is 5.97. The predicted molar refractivity (Wildman–Crippen MR) is 255 cm³/mol. The SMILES string of the molecule is COc1cc(CNC[C@H](O)c2ccc(O)c3[nH]c(=O)ccc23)ccc1C(=O)NC1CC(NC(=O)COc2cccc(C(O)(C(=O)OCC3CCN(Cc4ccccc4)CC3)c3ccccc3)c2)C1. The molecule has 68 heavy (non-hydrogen) atoms. The van der Waals surface area contributed by atoms with E-state index in [1.165, 1.54) is 24.8 Å². The van der Waals surface area contributed by atoms with Crippen molar-refractivity contribution < 1.29 is 43.9 Å². The Morgan fingerprint density at radius 3 is 2.29 bits per heavy atom. The zero-order valence-corrected chi connectivity index (χ0v) is 37.9. The van der Waals surface area contributed by atoms with Gasteiger partial charge in [-0.05, 0) is 103 Å². The first-order chi connectivity index (χ1) is 33.0. The van der Waals surface area contributed by atoms with Gasteiger partial charge in [-0.1, -0.05) is 84.9 Å². The summed E-state index contributed by atoms with van der Waals surface area (Å²) in [5.74, 6) is -0.694. The highest BCUT2D eigenvalue weighted by Gasteiger charge is 2.42. The van der Waals surface area contributed by atoms with Crippen LogP contribution in [0.3, 0.4) is 0 Å². The molecular formula is C53H57N5O10. The quantitative estimate of drug-likeness (QED) is 0.0522. The van der Waals surface area contributed by atoms with Crippen LogP contribution in [0.15, 0.2) is 132 Å². The van der Waals surface area contributed by atoms with Gasteiger partial charge in [-0.15, -0.1) is 0 Å². The molecule has 0 radical (unpaired) electrons. The monoisotopic (exact) mass is 923 g/mol. The molecule has 1 aliphatic heterocycles. The van der Waals surface area contributed by atoms with Gasteiger partial charge in [0.15, 0.2) is 6.61 Å². The van der Waals surface area contributed by atoms with Gasteiger partial charge >= 0.3 is 5.97 Å². The summed E-state index contributed by atoms with van der Waals surface area (Å²) in [6.45, 7) is 3.09. The topological polar surface area (TPSA) is 212 Å². The Labute approximate surface area is 394 Å². The smallest absolute Gasteiger partial charge is 0.347 e. The minimum atomic E-state index is -2.12. The second kappa shape index (κ2) is 21.7. The number of amides is 2. The van der Waals surface area contributed by atoms with Gasteiger partial charge < -0.3 is 50.5 Å². The van der Waals surface area contributed by atoms with Crippen LogP contribution in [-0.2, 0) is 33.0 Å². The van der Waals surface area contributed by atoms with Crippen molar-refractivity contribution in [2.45, 2.75) is 62.6 Å². The molecule has 1 saturated heterocycles. The highest BCUT2D eigenvalue weighted by atomic mass is 16.6. The number of nitrogens with zero attached hydrogens (tertiary/aromatic N) is 1. The van der Waals surface area contributed by atoms with Gasteiger partial charge in [0.05, 0.1) is 30.9 Å². The maximum atomic E-state index is 13.9. The van der Waals surface area contributed by atoms with Gasteiger partial charge in [0, 0.05) is 48.7 Å². The average Bonchev–Trinajstić information content (AvgIpc) is 3.35. The molecular weight excluding hydrogens is 867 g/mol. The average molecular weight is 924 g/mol. The third-order valence-corrected chi connectivity index (χ3v) is 12.8.